The number of ether oxygens (including phenoxy) is 1. The van der Waals surface area contributed by atoms with E-state index in [4.69, 9.17) is 4.74 Å². The number of esters is 1. The van der Waals surface area contributed by atoms with Crippen molar-refractivity contribution in [1.82, 2.24) is 10.2 Å². The number of aromatic nitrogens is 2. The lowest BCUT2D eigenvalue weighted by molar-refractivity contribution is 0.0525. The Bertz CT molecular complexity index is 1160. The van der Waals surface area contributed by atoms with E-state index in [0.29, 0.717) is 28.6 Å². The summed E-state index contributed by atoms with van der Waals surface area (Å²) >= 11 is 3.27. The molecule has 0 fully saturated rings. The number of H-pyrrole nitrogens is 1. The van der Waals surface area contributed by atoms with E-state index in [2.05, 4.69) is 26.1 Å². The first-order valence-corrected chi connectivity index (χ1v) is 10.7. The Kier molecular flexibility index (Phi) is 6.00. The van der Waals surface area contributed by atoms with E-state index in [9.17, 15) is 18.4 Å². The normalized spacial score (nSPS) is 15.4. The molecule has 1 aromatic heterocycles. The van der Waals surface area contributed by atoms with E-state index in [-0.39, 0.29) is 29.1 Å². The topological polar surface area (TPSA) is 72.0 Å². The summed E-state index contributed by atoms with van der Waals surface area (Å²) in [4.78, 5) is 25.2. The first-order valence-electron chi connectivity index (χ1n) is 9.94. The second-order valence-electron chi connectivity index (χ2n) is 7.29. The van der Waals surface area contributed by atoms with E-state index in [0.717, 1.165) is 18.2 Å². The van der Waals surface area contributed by atoms with Gasteiger partial charge in [-0.05, 0) is 72.4 Å². The monoisotopic (exact) mass is 488 g/mol. The number of nitrogens with one attached hydrogen (secondary N) is 1. The molecule has 2 aromatic carbocycles. The third kappa shape index (κ3) is 3.92. The van der Waals surface area contributed by atoms with Gasteiger partial charge in [0, 0.05) is 21.3 Å². The first-order chi connectivity index (χ1) is 14.9. The summed E-state index contributed by atoms with van der Waals surface area (Å²) in [7, 11) is 0. The first kappa shape index (κ1) is 21.4. The Morgan fingerprint density at radius 3 is 2.74 bits per heavy atom. The summed E-state index contributed by atoms with van der Waals surface area (Å²) in [5.74, 6) is -2.91. The quantitative estimate of drug-likeness (QED) is 0.374. The van der Waals surface area contributed by atoms with Gasteiger partial charge in [0.25, 0.3) is 0 Å². The van der Waals surface area contributed by atoms with Gasteiger partial charge in [0.15, 0.2) is 5.78 Å². The molecule has 1 N–H and O–H groups in total. The minimum atomic E-state index is -0.658. The van der Waals surface area contributed by atoms with Crippen LogP contribution in [0.2, 0.25) is 0 Å². The molecule has 0 aliphatic heterocycles. The van der Waals surface area contributed by atoms with Gasteiger partial charge in [-0.1, -0.05) is 6.07 Å². The summed E-state index contributed by atoms with van der Waals surface area (Å²) in [5.41, 5.74) is 1.85. The van der Waals surface area contributed by atoms with Gasteiger partial charge in [-0.15, -0.1) is 0 Å². The molecule has 0 saturated heterocycles. The highest BCUT2D eigenvalue weighted by molar-refractivity contribution is 9.10. The van der Waals surface area contributed by atoms with Crippen LogP contribution in [0.1, 0.15) is 57.7 Å². The van der Waals surface area contributed by atoms with E-state index < -0.39 is 23.5 Å². The largest absolute Gasteiger partial charge is 0.462 e. The molecule has 5 nitrogen and oxygen atoms in total. The van der Waals surface area contributed by atoms with Crippen LogP contribution in [0.3, 0.4) is 0 Å². The van der Waals surface area contributed by atoms with Gasteiger partial charge >= 0.3 is 5.97 Å². The fraction of sp³-hybridized carbons (Fsp3) is 0.261. The Labute approximate surface area is 185 Å². The second-order valence-corrected chi connectivity index (χ2v) is 8.14. The number of aromatic amines is 1. The van der Waals surface area contributed by atoms with Crippen LogP contribution in [-0.2, 0) is 11.2 Å². The van der Waals surface area contributed by atoms with Crippen LogP contribution >= 0.6 is 15.9 Å². The number of Topliss-reactive ketones (excluding diaryl/α,β-unsaturated/α-hetero) is 1. The molecule has 0 spiro atoms. The molecule has 8 heteroatoms. The van der Waals surface area contributed by atoms with E-state index in [1.807, 2.05) is 0 Å². The molecule has 1 heterocycles. The average Bonchev–Trinajstić information content (AvgIpc) is 3.17. The van der Waals surface area contributed by atoms with Crippen LogP contribution in [0.25, 0.3) is 11.3 Å². The highest BCUT2D eigenvalue weighted by Gasteiger charge is 2.35. The van der Waals surface area contributed by atoms with Crippen molar-refractivity contribution < 1.29 is 23.1 Å². The molecular formula is C23H19BrF2N2O3. The van der Waals surface area contributed by atoms with Gasteiger partial charge < -0.3 is 4.74 Å². The molecule has 1 aliphatic carbocycles. The predicted octanol–water partition coefficient (Wildman–Crippen LogP) is 5.60. The van der Waals surface area contributed by atoms with Gasteiger partial charge in [-0.2, -0.15) is 5.10 Å². The number of carbonyl (C=O) groups is 2. The van der Waals surface area contributed by atoms with Crippen molar-refractivity contribution in [3.05, 3.63) is 74.9 Å². The SMILES string of the molecule is CCOC(=O)c1ccc(-c2n[nH]c3c2C(C(=O)c2c(F)cccc2Br)CCC3)c(F)c1. The van der Waals surface area contributed by atoms with Crippen molar-refractivity contribution in [2.45, 2.75) is 32.1 Å². The predicted molar refractivity (Wildman–Crippen MR) is 114 cm³/mol. The van der Waals surface area contributed by atoms with Crippen molar-refractivity contribution in [2.75, 3.05) is 6.61 Å². The van der Waals surface area contributed by atoms with Gasteiger partial charge in [0.05, 0.1) is 29.3 Å². The van der Waals surface area contributed by atoms with Crippen molar-refractivity contribution in [3.8, 4) is 11.3 Å². The van der Waals surface area contributed by atoms with Crippen LogP contribution in [0.4, 0.5) is 8.78 Å². The van der Waals surface area contributed by atoms with Crippen LogP contribution in [0, 0.1) is 11.6 Å². The molecule has 31 heavy (non-hydrogen) atoms. The lowest BCUT2D eigenvalue weighted by atomic mass is 9.79. The minimum Gasteiger partial charge on any atom is -0.462 e. The fourth-order valence-electron chi connectivity index (χ4n) is 4.00. The Balaban J connectivity index is 1.77. The fourth-order valence-corrected chi connectivity index (χ4v) is 4.54. The molecular weight excluding hydrogens is 470 g/mol. The van der Waals surface area contributed by atoms with E-state index >= 15 is 0 Å². The lowest BCUT2D eigenvalue weighted by Crippen LogP contribution is -2.20. The number of benzene rings is 2. The number of hydrogen-bond donors (Lipinski definition) is 1. The minimum absolute atomic E-state index is 0.0226. The molecule has 0 radical (unpaired) electrons. The highest BCUT2D eigenvalue weighted by Crippen LogP contribution is 2.41. The summed E-state index contributed by atoms with van der Waals surface area (Å²) in [5, 5.41) is 7.18. The summed E-state index contributed by atoms with van der Waals surface area (Å²) in [6, 6.07) is 8.39. The number of rotatable bonds is 5. The molecule has 1 unspecified atom stereocenters. The maximum atomic E-state index is 14.9. The van der Waals surface area contributed by atoms with Gasteiger partial charge in [0.1, 0.15) is 11.6 Å². The Hall–Kier alpha value is -2.87. The number of fused-ring (bicyclic) bond motifs is 1. The molecule has 1 aliphatic rings. The van der Waals surface area contributed by atoms with Crippen molar-refractivity contribution in [1.29, 1.82) is 0 Å². The van der Waals surface area contributed by atoms with Crippen LogP contribution < -0.4 is 0 Å². The average molecular weight is 489 g/mol. The third-order valence-corrected chi connectivity index (χ3v) is 6.07. The van der Waals surface area contributed by atoms with Crippen molar-refractivity contribution >= 4 is 27.7 Å². The lowest BCUT2D eigenvalue weighted by Gasteiger charge is -2.23. The smallest absolute Gasteiger partial charge is 0.338 e. The summed E-state index contributed by atoms with van der Waals surface area (Å²) in [6.07, 6.45) is 1.89. The van der Waals surface area contributed by atoms with Crippen LogP contribution in [-0.4, -0.2) is 28.6 Å². The zero-order valence-electron chi connectivity index (χ0n) is 16.7. The second kappa shape index (κ2) is 8.70. The number of halogens is 3. The number of hydrogen-bond acceptors (Lipinski definition) is 4. The van der Waals surface area contributed by atoms with Crippen molar-refractivity contribution in [2.24, 2.45) is 0 Å². The maximum absolute atomic E-state index is 14.9. The highest BCUT2D eigenvalue weighted by atomic mass is 79.9. The third-order valence-electron chi connectivity index (χ3n) is 5.41. The molecule has 4 rings (SSSR count). The molecule has 0 bridgehead atoms. The molecule has 160 valence electrons. The molecule has 3 aromatic rings. The molecule has 1 atom stereocenters. The van der Waals surface area contributed by atoms with E-state index in [1.165, 1.54) is 24.3 Å². The Morgan fingerprint density at radius 2 is 2.03 bits per heavy atom. The summed E-state index contributed by atoms with van der Waals surface area (Å²) in [6.45, 7) is 1.86. The molecule has 0 saturated carbocycles. The van der Waals surface area contributed by atoms with Gasteiger partial charge in [-0.3, -0.25) is 9.89 Å². The van der Waals surface area contributed by atoms with Crippen molar-refractivity contribution in [3.63, 3.8) is 0 Å². The zero-order chi connectivity index (χ0) is 22.1. The van der Waals surface area contributed by atoms with Gasteiger partial charge in [0.2, 0.25) is 0 Å². The van der Waals surface area contributed by atoms with Crippen LogP contribution in [0.5, 0.6) is 0 Å². The van der Waals surface area contributed by atoms with Crippen LogP contribution in [0.15, 0.2) is 40.9 Å². The summed E-state index contributed by atoms with van der Waals surface area (Å²) < 4.78 is 34.7. The number of aryl methyl sites for hydroxylation is 1. The molecule has 0 amide bonds. The maximum Gasteiger partial charge on any atom is 0.338 e. The standard InChI is InChI=1S/C23H19BrF2N2O3/c1-2-31-23(30)12-9-10-13(17(26)11-12)21-19-14(5-3-8-18(19)27-28-21)22(29)20-15(24)6-4-7-16(20)25/h4,6-7,9-11,14H,2-3,5,8H2,1H3,(H,27,28). The number of carbonyl (C=O) groups excluding carboxylic acids is 2. The zero-order valence-corrected chi connectivity index (χ0v) is 18.3. The Morgan fingerprint density at radius 1 is 1.23 bits per heavy atom. The number of ketones is 1. The van der Waals surface area contributed by atoms with Gasteiger partial charge in [-0.25, -0.2) is 13.6 Å². The van der Waals surface area contributed by atoms with E-state index in [1.54, 1.807) is 13.0 Å². The number of nitrogens with zero attached hydrogens (tertiary/aromatic N) is 1.